The number of sulfonamides is 1. The SMILES string of the molecule is CCN(CC)S(=O)(=O)c1cc(C)c(C)c(NC(=O)C(=O)c2ccc(C)cc2)c1. The first kappa shape index (κ1) is 21.8. The third kappa shape index (κ3) is 4.48. The quantitative estimate of drug-likeness (QED) is 0.568. The summed E-state index contributed by atoms with van der Waals surface area (Å²) in [5.41, 5.74) is 3.01. The van der Waals surface area contributed by atoms with Crippen molar-refractivity contribution in [2.45, 2.75) is 39.5 Å². The van der Waals surface area contributed by atoms with Gasteiger partial charge in [0.05, 0.1) is 4.90 Å². The van der Waals surface area contributed by atoms with Gasteiger partial charge in [-0.2, -0.15) is 4.31 Å². The maximum absolute atomic E-state index is 12.8. The summed E-state index contributed by atoms with van der Waals surface area (Å²) >= 11 is 0. The molecule has 150 valence electrons. The molecule has 0 bridgehead atoms. The second-order valence-corrected chi connectivity index (χ2v) is 8.59. The smallest absolute Gasteiger partial charge is 0.296 e. The van der Waals surface area contributed by atoms with Crippen LogP contribution in [0.2, 0.25) is 0 Å². The van der Waals surface area contributed by atoms with Crippen LogP contribution in [0, 0.1) is 20.8 Å². The fourth-order valence-electron chi connectivity index (χ4n) is 2.83. The highest BCUT2D eigenvalue weighted by Gasteiger charge is 2.24. The molecule has 2 aromatic rings. The van der Waals surface area contributed by atoms with Gasteiger partial charge in [-0.25, -0.2) is 8.42 Å². The molecular weight excluding hydrogens is 376 g/mol. The predicted octanol–water partition coefficient (Wildman–Crippen LogP) is 3.46. The number of nitrogens with zero attached hydrogens (tertiary/aromatic N) is 1. The Morgan fingerprint density at radius 1 is 0.964 bits per heavy atom. The molecule has 28 heavy (non-hydrogen) atoms. The van der Waals surface area contributed by atoms with Crippen LogP contribution in [0.3, 0.4) is 0 Å². The number of ketones is 1. The summed E-state index contributed by atoms with van der Waals surface area (Å²) in [6.45, 7) is 9.67. The van der Waals surface area contributed by atoms with Gasteiger partial charge >= 0.3 is 0 Å². The van der Waals surface area contributed by atoms with E-state index in [0.29, 0.717) is 29.9 Å². The summed E-state index contributed by atoms with van der Waals surface area (Å²) in [6.07, 6.45) is 0. The van der Waals surface area contributed by atoms with Crippen molar-refractivity contribution in [2.75, 3.05) is 18.4 Å². The van der Waals surface area contributed by atoms with E-state index in [1.54, 1.807) is 58.0 Å². The number of carbonyl (C=O) groups is 2. The highest BCUT2D eigenvalue weighted by molar-refractivity contribution is 7.89. The van der Waals surface area contributed by atoms with Gasteiger partial charge in [0, 0.05) is 24.3 Å². The van der Waals surface area contributed by atoms with E-state index in [1.807, 2.05) is 6.92 Å². The van der Waals surface area contributed by atoms with Gasteiger partial charge in [-0.05, 0) is 44.0 Å². The Hall–Kier alpha value is -2.51. The molecule has 2 rings (SSSR count). The van der Waals surface area contributed by atoms with Crippen LogP contribution in [0.25, 0.3) is 0 Å². The Bertz CT molecular complexity index is 992. The van der Waals surface area contributed by atoms with Crippen molar-refractivity contribution in [3.63, 3.8) is 0 Å². The maximum Gasteiger partial charge on any atom is 0.296 e. The van der Waals surface area contributed by atoms with Crippen LogP contribution in [0.1, 0.15) is 40.9 Å². The van der Waals surface area contributed by atoms with Crippen LogP contribution in [0.15, 0.2) is 41.3 Å². The van der Waals surface area contributed by atoms with Crippen LogP contribution in [0.4, 0.5) is 5.69 Å². The molecule has 0 heterocycles. The van der Waals surface area contributed by atoms with Gasteiger partial charge < -0.3 is 5.32 Å². The number of rotatable bonds is 7. The summed E-state index contributed by atoms with van der Waals surface area (Å²) in [7, 11) is -3.68. The Morgan fingerprint density at radius 2 is 1.54 bits per heavy atom. The molecule has 1 amide bonds. The van der Waals surface area contributed by atoms with Crippen molar-refractivity contribution in [3.8, 4) is 0 Å². The number of Topliss-reactive ketones (excluding diaryl/α,β-unsaturated/α-hetero) is 1. The summed E-state index contributed by atoms with van der Waals surface area (Å²) in [6, 6.07) is 9.70. The van der Waals surface area contributed by atoms with Gasteiger partial charge in [-0.15, -0.1) is 0 Å². The van der Waals surface area contributed by atoms with E-state index in [0.717, 1.165) is 5.56 Å². The number of hydrogen-bond donors (Lipinski definition) is 1. The molecule has 0 aliphatic carbocycles. The zero-order valence-corrected chi connectivity index (χ0v) is 17.7. The zero-order chi connectivity index (χ0) is 21.1. The molecule has 0 radical (unpaired) electrons. The lowest BCUT2D eigenvalue weighted by atomic mass is 10.1. The Balaban J connectivity index is 2.38. The third-order valence-corrected chi connectivity index (χ3v) is 6.78. The first-order valence-corrected chi connectivity index (χ1v) is 10.6. The average molecular weight is 403 g/mol. The van der Waals surface area contributed by atoms with Gasteiger partial charge in [0.2, 0.25) is 10.0 Å². The van der Waals surface area contributed by atoms with E-state index < -0.39 is 21.7 Å². The fourth-order valence-corrected chi connectivity index (χ4v) is 4.40. The molecule has 1 N–H and O–H groups in total. The molecular formula is C21H26N2O4S. The Morgan fingerprint density at radius 3 is 2.07 bits per heavy atom. The predicted molar refractivity (Wildman–Crippen MR) is 110 cm³/mol. The number of amides is 1. The van der Waals surface area contributed by atoms with Gasteiger partial charge in [0.25, 0.3) is 11.7 Å². The summed E-state index contributed by atoms with van der Waals surface area (Å²) in [5.74, 6) is -1.47. The van der Waals surface area contributed by atoms with Crippen molar-refractivity contribution >= 4 is 27.4 Å². The minimum atomic E-state index is -3.68. The van der Waals surface area contributed by atoms with Crippen molar-refractivity contribution < 1.29 is 18.0 Å². The first-order valence-electron chi connectivity index (χ1n) is 9.15. The monoisotopic (exact) mass is 402 g/mol. The molecule has 0 aliphatic rings. The molecule has 0 unspecified atom stereocenters. The van der Waals surface area contributed by atoms with E-state index in [1.165, 1.54) is 10.4 Å². The van der Waals surface area contributed by atoms with Crippen molar-refractivity contribution in [1.29, 1.82) is 0 Å². The molecule has 0 saturated carbocycles. The first-order chi connectivity index (χ1) is 13.1. The third-order valence-electron chi connectivity index (χ3n) is 4.75. The lowest BCUT2D eigenvalue weighted by Crippen LogP contribution is -2.31. The molecule has 0 atom stereocenters. The molecule has 6 nitrogen and oxygen atoms in total. The van der Waals surface area contributed by atoms with E-state index in [2.05, 4.69) is 5.32 Å². The normalized spacial score (nSPS) is 11.5. The lowest BCUT2D eigenvalue weighted by molar-refractivity contribution is -0.112. The second kappa shape index (κ2) is 8.67. The number of aryl methyl sites for hydroxylation is 2. The maximum atomic E-state index is 12.8. The van der Waals surface area contributed by atoms with Crippen molar-refractivity contribution in [1.82, 2.24) is 4.31 Å². The molecule has 0 saturated heterocycles. The number of carbonyl (C=O) groups excluding carboxylic acids is 2. The van der Waals surface area contributed by atoms with Gasteiger partial charge in [0.15, 0.2) is 0 Å². The van der Waals surface area contributed by atoms with Gasteiger partial charge in [-0.3, -0.25) is 9.59 Å². The van der Waals surface area contributed by atoms with Crippen LogP contribution < -0.4 is 5.32 Å². The van der Waals surface area contributed by atoms with Gasteiger partial charge in [-0.1, -0.05) is 43.7 Å². The number of benzene rings is 2. The number of hydrogen-bond acceptors (Lipinski definition) is 4. The molecule has 0 aliphatic heterocycles. The Labute approximate surface area is 166 Å². The highest BCUT2D eigenvalue weighted by atomic mass is 32.2. The summed E-state index contributed by atoms with van der Waals surface area (Å²) in [5, 5.41) is 2.58. The van der Waals surface area contributed by atoms with Gasteiger partial charge in [0.1, 0.15) is 0 Å². The number of nitrogens with one attached hydrogen (secondary N) is 1. The Kier molecular flexibility index (Phi) is 6.74. The van der Waals surface area contributed by atoms with Crippen molar-refractivity contribution in [2.24, 2.45) is 0 Å². The summed E-state index contributed by atoms with van der Waals surface area (Å²) in [4.78, 5) is 24.9. The minimum absolute atomic E-state index is 0.0948. The average Bonchev–Trinajstić information content (AvgIpc) is 2.65. The summed E-state index contributed by atoms with van der Waals surface area (Å²) < 4.78 is 27.0. The fraction of sp³-hybridized carbons (Fsp3) is 0.333. The van der Waals surface area contributed by atoms with E-state index in [4.69, 9.17) is 0 Å². The van der Waals surface area contributed by atoms with E-state index in [9.17, 15) is 18.0 Å². The second-order valence-electron chi connectivity index (χ2n) is 6.65. The standard InChI is InChI=1S/C21H26N2O4S/c1-6-23(7-2)28(26,27)18-12-15(4)16(5)19(13-18)22-21(25)20(24)17-10-8-14(3)9-11-17/h8-13H,6-7H2,1-5H3,(H,22,25). The topological polar surface area (TPSA) is 83.6 Å². The van der Waals surface area contributed by atoms with Crippen LogP contribution in [0.5, 0.6) is 0 Å². The molecule has 2 aromatic carbocycles. The van der Waals surface area contributed by atoms with E-state index >= 15 is 0 Å². The molecule has 0 spiro atoms. The van der Waals surface area contributed by atoms with Crippen LogP contribution in [-0.2, 0) is 14.8 Å². The van der Waals surface area contributed by atoms with Crippen molar-refractivity contribution in [3.05, 3.63) is 58.7 Å². The highest BCUT2D eigenvalue weighted by Crippen LogP contribution is 2.26. The lowest BCUT2D eigenvalue weighted by Gasteiger charge is -2.20. The number of anilines is 1. The largest absolute Gasteiger partial charge is 0.319 e. The molecule has 0 fully saturated rings. The zero-order valence-electron chi connectivity index (χ0n) is 16.9. The molecule has 7 heteroatoms. The molecule has 0 aromatic heterocycles. The minimum Gasteiger partial charge on any atom is -0.319 e. The van der Waals surface area contributed by atoms with Crippen LogP contribution in [-0.4, -0.2) is 37.5 Å². The van der Waals surface area contributed by atoms with Crippen LogP contribution >= 0.6 is 0 Å². The van der Waals surface area contributed by atoms with E-state index in [-0.39, 0.29) is 10.5 Å².